The maximum absolute atomic E-state index is 13.4. The third-order valence-electron chi connectivity index (χ3n) is 5.36. The van der Waals surface area contributed by atoms with Gasteiger partial charge in [0.15, 0.2) is 0 Å². The Hall–Kier alpha value is -3.22. The first-order valence-electron chi connectivity index (χ1n) is 10.6. The van der Waals surface area contributed by atoms with Crippen molar-refractivity contribution in [2.24, 2.45) is 0 Å². The standard InChI is InChI=1S/C26H23N3OS2/c1-2-28-21-15-9-10-16-22(21)31-24(28)17-25-29(20-13-7-4-8-14-20)26(30)23(32-25)18-27-19-11-5-3-6-12-19/h3-18,24,27H,2H2,1H3/b23-18+,25-17-. The number of fused-ring (bicyclic) bond motifs is 1. The molecule has 3 aromatic carbocycles. The first-order valence-corrected chi connectivity index (χ1v) is 12.3. The van der Waals surface area contributed by atoms with Gasteiger partial charge < -0.3 is 10.2 Å². The molecule has 1 aliphatic rings. The molecule has 0 saturated heterocycles. The van der Waals surface area contributed by atoms with Crippen LogP contribution in [0, 0.1) is 0 Å². The zero-order valence-electron chi connectivity index (χ0n) is 17.6. The van der Waals surface area contributed by atoms with Gasteiger partial charge in [0.2, 0.25) is 0 Å². The molecule has 0 amide bonds. The molecule has 5 rings (SSSR count). The average Bonchev–Trinajstić information content (AvgIpc) is 3.35. The van der Waals surface area contributed by atoms with Crippen molar-refractivity contribution in [1.29, 1.82) is 0 Å². The van der Waals surface area contributed by atoms with Gasteiger partial charge in [-0.05, 0) is 49.4 Å². The van der Waals surface area contributed by atoms with Crippen molar-refractivity contribution < 1.29 is 0 Å². The molecule has 32 heavy (non-hydrogen) atoms. The highest BCUT2D eigenvalue weighted by atomic mass is 32.2. The van der Waals surface area contributed by atoms with Gasteiger partial charge in [0, 0.05) is 23.3 Å². The van der Waals surface area contributed by atoms with Gasteiger partial charge in [-0.1, -0.05) is 60.3 Å². The summed E-state index contributed by atoms with van der Waals surface area (Å²) in [7, 11) is 0. The van der Waals surface area contributed by atoms with Gasteiger partial charge in [0.1, 0.15) is 14.6 Å². The molecule has 160 valence electrons. The summed E-state index contributed by atoms with van der Waals surface area (Å²) in [6, 6.07) is 28.2. The lowest BCUT2D eigenvalue weighted by molar-refractivity contribution is 0.891. The molecule has 1 unspecified atom stereocenters. The van der Waals surface area contributed by atoms with Crippen LogP contribution in [0.5, 0.6) is 0 Å². The van der Waals surface area contributed by atoms with Crippen LogP contribution in [-0.2, 0) is 0 Å². The summed E-state index contributed by atoms with van der Waals surface area (Å²) in [4.78, 5) is 17.1. The Labute approximate surface area is 195 Å². The maximum Gasteiger partial charge on any atom is 0.275 e. The summed E-state index contributed by atoms with van der Waals surface area (Å²) in [6.45, 7) is 3.08. The Morgan fingerprint density at radius 2 is 1.62 bits per heavy atom. The van der Waals surface area contributed by atoms with Crippen LogP contribution in [-0.4, -0.2) is 16.5 Å². The van der Waals surface area contributed by atoms with Gasteiger partial charge in [0.05, 0.1) is 11.4 Å². The highest BCUT2D eigenvalue weighted by Crippen LogP contribution is 2.43. The van der Waals surface area contributed by atoms with Crippen molar-refractivity contribution in [3.63, 3.8) is 0 Å². The van der Waals surface area contributed by atoms with Crippen LogP contribution in [0.25, 0.3) is 18.0 Å². The Kier molecular flexibility index (Phi) is 5.88. The summed E-state index contributed by atoms with van der Waals surface area (Å²) >= 11 is 3.34. The molecule has 0 radical (unpaired) electrons. The summed E-state index contributed by atoms with van der Waals surface area (Å²) in [5, 5.41) is 3.40. The number of para-hydroxylation sites is 3. The van der Waals surface area contributed by atoms with Crippen molar-refractivity contribution in [3.05, 3.63) is 104 Å². The number of benzene rings is 3. The fraction of sp³-hybridized carbons (Fsp3) is 0.115. The largest absolute Gasteiger partial charge is 0.360 e. The second kappa shape index (κ2) is 9.10. The molecule has 1 aromatic heterocycles. The third kappa shape index (κ3) is 3.99. The minimum atomic E-state index is -0.0144. The lowest BCUT2D eigenvalue weighted by Gasteiger charge is -2.22. The van der Waals surface area contributed by atoms with Crippen molar-refractivity contribution in [2.45, 2.75) is 17.2 Å². The molecule has 0 fully saturated rings. The number of hydrogen-bond acceptors (Lipinski definition) is 5. The van der Waals surface area contributed by atoms with Crippen LogP contribution in [0.1, 0.15) is 6.92 Å². The Bertz CT molecular complexity index is 1390. The molecule has 6 heteroatoms. The van der Waals surface area contributed by atoms with E-state index in [-0.39, 0.29) is 10.9 Å². The first-order chi connectivity index (χ1) is 15.7. The van der Waals surface area contributed by atoms with Crippen LogP contribution in [0.15, 0.2) is 94.6 Å². The van der Waals surface area contributed by atoms with E-state index in [9.17, 15) is 4.79 Å². The highest BCUT2D eigenvalue weighted by molar-refractivity contribution is 8.00. The average molecular weight is 458 g/mol. The molecule has 0 saturated carbocycles. The number of thioether (sulfide) groups is 1. The minimum Gasteiger partial charge on any atom is -0.360 e. The van der Waals surface area contributed by atoms with Crippen molar-refractivity contribution in [3.8, 4) is 5.69 Å². The van der Waals surface area contributed by atoms with Crippen LogP contribution in [0.3, 0.4) is 0 Å². The number of aromatic nitrogens is 1. The van der Waals surface area contributed by atoms with Gasteiger partial charge >= 0.3 is 0 Å². The van der Waals surface area contributed by atoms with Gasteiger partial charge in [-0.25, -0.2) is 0 Å². The Morgan fingerprint density at radius 1 is 0.938 bits per heavy atom. The quantitative estimate of drug-likeness (QED) is 0.479. The molecule has 0 aliphatic carbocycles. The zero-order chi connectivity index (χ0) is 21.9. The van der Waals surface area contributed by atoms with Gasteiger partial charge in [-0.2, -0.15) is 0 Å². The third-order valence-corrected chi connectivity index (χ3v) is 7.63. The van der Waals surface area contributed by atoms with E-state index in [0.717, 1.165) is 22.6 Å². The van der Waals surface area contributed by atoms with E-state index in [2.05, 4.69) is 47.5 Å². The zero-order valence-corrected chi connectivity index (χ0v) is 19.3. The van der Waals surface area contributed by atoms with E-state index in [1.54, 1.807) is 0 Å². The van der Waals surface area contributed by atoms with E-state index < -0.39 is 0 Å². The van der Waals surface area contributed by atoms with Crippen molar-refractivity contribution in [2.75, 3.05) is 16.8 Å². The fourth-order valence-electron chi connectivity index (χ4n) is 3.84. The molecule has 1 N–H and O–H groups in total. The van der Waals surface area contributed by atoms with Crippen LogP contribution >= 0.6 is 23.1 Å². The Morgan fingerprint density at radius 3 is 2.38 bits per heavy atom. The molecule has 1 atom stereocenters. The summed E-state index contributed by atoms with van der Waals surface area (Å²) in [5.74, 6) is 0. The van der Waals surface area contributed by atoms with E-state index in [0.29, 0.717) is 4.53 Å². The molecule has 0 bridgehead atoms. The van der Waals surface area contributed by atoms with E-state index in [1.807, 2.05) is 83.2 Å². The van der Waals surface area contributed by atoms with Crippen LogP contribution in [0.4, 0.5) is 11.4 Å². The molecular formula is C26H23N3OS2. The predicted octanol–water partition coefficient (Wildman–Crippen LogP) is 4.49. The monoisotopic (exact) mass is 457 g/mol. The number of thiazole rings is 1. The molecule has 2 heterocycles. The topological polar surface area (TPSA) is 37.3 Å². The number of rotatable bonds is 5. The minimum absolute atomic E-state index is 0.0144. The maximum atomic E-state index is 13.4. The molecule has 4 nitrogen and oxygen atoms in total. The van der Waals surface area contributed by atoms with E-state index >= 15 is 0 Å². The van der Waals surface area contributed by atoms with Crippen LogP contribution < -0.4 is 25.0 Å². The number of hydrogen-bond donors (Lipinski definition) is 1. The summed E-state index contributed by atoms with van der Waals surface area (Å²) < 4.78 is 3.43. The lowest BCUT2D eigenvalue weighted by Crippen LogP contribution is -2.33. The lowest BCUT2D eigenvalue weighted by atomic mass is 10.3. The fourth-order valence-corrected chi connectivity index (χ4v) is 6.23. The van der Waals surface area contributed by atoms with Gasteiger partial charge in [0.25, 0.3) is 5.56 Å². The summed E-state index contributed by atoms with van der Waals surface area (Å²) in [6.07, 6.45) is 4.03. The first kappa shape index (κ1) is 20.7. The molecular weight excluding hydrogens is 434 g/mol. The second-order valence-corrected chi connectivity index (χ2v) is 9.58. The predicted molar refractivity (Wildman–Crippen MR) is 137 cm³/mol. The second-order valence-electron chi connectivity index (χ2n) is 7.36. The number of nitrogens with one attached hydrogen (secondary N) is 1. The van der Waals surface area contributed by atoms with E-state index in [1.165, 1.54) is 21.9 Å². The normalized spacial score (nSPS) is 16.4. The molecule has 0 spiro atoms. The van der Waals surface area contributed by atoms with E-state index in [4.69, 9.17) is 0 Å². The van der Waals surface area contributed by atoms with Crippen molar-refractivity contribution >= 4 is 46.7 Å². The summed E-state index contributed by atoms with van der Waals surface area (Å²) in [5.41, 5.74) is 3.07. The van der Waals surface area contributed by atoms with Gasteiger partial charge in [-0.15, -0.1) is 11.3 Å². The number of anilines is 2. The highest BCUT2D eigenvalue weighted by Gasteiger charge is 2.27. The van der Waals surface area contributed by atoms with Crippen LogP contribution in [0.2, 0.25) is 0 Å². The molecule has 4 aromatic rings. The Balaban J connectivity index is 1.62. The van der Waals surface area contributed by atoms with Gasteiger partial charge in [-0.3, -0.25) is 9.36 Å². The number of nitrogens with zero attached hydrogens (tertiary/aromatic N) is 2. The molecule has 1 aliphatic heterocycles. The SMILES string of the molecule is CCN1c2ccccc2SC1/C=c1\s/c(=C/Nc2ccccc2)c(=O)n1-c1ccccc1. The smallest absolute Gasteiger partial charge is 0.275 e. The van der Waals surface area contributed by atoms with Crippen molar-refractivity contribution in [1.82, 2.24) is 4.57 Å².